The lowest BCUT2D eigenvalue weighted by molar-refractivity contribution is -0.142. The molecule has 1 heterocycles. The highest BCUT2D eigenvalue weighted by Gasteiger charge is 2.23. The molecular weight excluding hydrogens is 260 g/mol. The summed E-state index contributed by atoms with van der Waals surface area (Å²) < 4.78 is 1.88. The Kier molecular flexibility index (Phi) is 6.24. The molecule has 1 aromatic heterocycles. The first-order chi connectivity index (χ1) is 6.66. The van der Waals surface area contributed by atoms with E-state index in [1.54, 1.807) is 19.4 Å². The van der Waals surface area contributed by atoms with Crippen LogP contribution in [0.5, 0.6) is 0 Å². The lowest BCUT2D eigenvalue weighted by Gasteiger charge is -2.21. The van der Waals surface area contributed by atoms with Crippen molar-refractivity contribution in [2.45, 2.75) is 32.7 Å². The van der Waals surface area contributed by atoms with Crippen LogP contribution in [0.4, 0.5) is 0 Å². The summed E-state index contributed by atoms with van der Waals surface area (Å²) in [6.07, 6.45) is 7.01. The SMILES string of the molecule is Br.CCCC(C(C)C(=O)O)n1ccnc1. The number of carboxylic acids is 1. The monoisotopic (exact) mass is 276 g/mol. The van der Waals surface area contributed by atoms with Gasteiger partial charge in [-0.15, -0.1) is 17.0 Å². The van der Waals surface area contributed by atoms with Crippen LogP contribution in [-0.4, -0.2) is 20.6 Å². The van der Waals surface area contributed by atoms with E-state index in [0.29, 0.717) is 0 Å². The molecule has 0 fully saturated rings. The maximum atomic E-state index is 10.9. The summed E-state index contributed by atoms with van der Waals surface area (Å²) in [4.78, 5) is 14.8. The molecule has 15 heavy (non-hydrogen) atoms. The summed E-state index contributed by atoms with van der Waals surface area (Å²) in [6, 6.07) is 0.0139. The van der Waals surface area contributed by atoms with E-state index in [2.05, 4.69) is 11.9 Å². The van der Waals surface area contributed by atoms with Gasteiger partial charge in [0.1, 0.15) is 0 Å². The van der Waals surface area contributed by atoms with Crippen molar-refractivity contribution >= 4 is 23.0 Å². The van der Waals surface area contributed by atoms with Gasteiger partial charge in [-0.2, -0.15) is 0 Å². The van der Waals surface area contributed by atoms with Gasteiger partial charge in [0.05, 0.1) is 12.2 Å². The molecule has 2 unspecified atom stereocenters. The van der Waals surface area contributed by atoms with Crippen molar-refractivity contribution in [3.63, 3.8) is 0 Å². The van der Waals surface area contributed by atoms with Crippen LogP contribution < -0.4 is 0 Å². The van der Waals surface area contributed by atoms with Crippen LogP contribution in [0.15, 0.2) is 18.7 Å². The number of rotatable bonds is 5. The molecule has 0 saturated carbocycles. The van der Waals surface area contributed by atoms with Gasteiger partial charge in [0.2, 0.25) is 0 Å². The lowest BCUT2D eigenvalue weighted by atomic mass is 9.98. The third-order valence-corrected chi connectivity index (χ3v) is 2.46. The number of nitrogens with zero attached hydrogens (tertiary/aromatic N) is 2. The van der Waals surface area contributed by atoms with Crippen LogP contribution in [-0.2, 0) is 4.79 Å². The van der Waals surface area contributed by atoms with Crippen LogP contribution in [0.1, 0.15) is 32.7 Å². The van der Waals surface area contributed by atoms with E-state index in [-0.39, 0.29) is 28.9 Å². The zero-order valence-corrected chi connectivity index (χ0v) is 10.7. The highest BCUT2D eigenvalue weighted by atomic mass is 79.9. The molecule has 0 spiro atoms. The summed E-state index contributed by atoms with van der Waals surface area (Å²) in [7, 11) is 0. The van der Waals surface area contributed by atoms with Gasteiger partial charge >= 0.3 is 5.97 Å². The average molecular weight is 277 g/mol. The number of halogens is 1. The van der Waals surface area contributed by atoms with E-state index >= 15 is 0 Å². The molecule has 1 aromatic rings. The van der Waals surface area contributed by atoms with Gasteiger partial charge < -0.3 is 9.67 Å². The molecule has 1 rings (SSSR count). The van der Waals surface area contributed by atoms with Gasteiger partial charge in [-0.05, 0) is 13.3 Å². The van der Waals surface area contributed by atoms with Crippen molar-refractivity contribution in [2.24, 2.45) is 5.92 Å². The number of carboxylic acid groups (broad SMARTS) is 1. The van der Waals surface area contributed by atoms with E-state index in [1.807, 2.05) is 10.8 Å². The molecule has 0 aliphatic carbocycles. The highest BCUT2D eigenvalue weighted by molar-refractivity contribution is 8.93. The highest BCUT2D eigenvalue weighted by Crippen LogP contribution is 2.23. The number of hydrogen-bond donors (Lipinski definition) is 1. The Balaban J connectivity index is 0.00000196. The summed E-state index contributed by atoms with van der Waals surface area (Å²) in [6.45, 7) is 3.79. The van der Waals surface area contributed by atoms with Crippen LogP contribution >= 0.6 is 17.0 Å². The second kappa shape index (κ2) is 6.61. The topological polar surface area (TPSA) is 55.1 Å². The average Bonchev–Trinajstić information content (AvgIpc) is 2.65. The van der Waals surface area contributed by atoms with Crippen molar-refractivity contribution in [1.29, 1.82) is 0 Å². The molecular formula is C10H17BrN2O2. The largest absolute Gasteiger partial charge is 0.481 e. The molecule has 4 nitrogen and oxygen atoms in total. The zero-order valence-electron chi connectivity index (χ0n) is 8.96. The normalized spacial score (nSPS) is 14.0. The third-order valence-electron chi connectivity index (χ3n) is 2.46. The molecule has 0 aliphatic rings. The molecule has 0 amide bonds. The Labute approximate surface area is 100 Å². The van der Waals surface area contributed by atoms with Crippen molar-refractivity contribution in [3.8, 4) is 0 Å². The second-order valence-electron chi connectivity index (χ2n) is 3.49. The molecule has 86 valence electrons. The number of imidazole rings is 1. The number of carbonyl (C=O) groups is 1. The Morgan fingerprint density at radius 1 is 1.60 bits per heavy atom. The van der Waals surface area contributed by atoms with Crippen LogP contribution in [0.3, 0.4) is 0 Å². The Hall–Kier alpha value is -0.840. The zero-order chi connectivity index (χ0) is 10.6. The molecule has 1 N–H and O–H groups in total. The summed E-state index contributed by atoms with van der Waals surface area (Å²) in [5.41, 5.74) is 0. The van der Waals surface area contributed by atoms with Crippen molar-refractivity contribution in [3.05, 3.63) is 18.7 Å². The summed E-state index contributed by atoms with van der Waals surface area (Å²) in [5.74, 6) is -1.12. The van der Waals surface area contributed by atoms with Crippen LogP contribution in [0.25, 0.3) is 0 Å². The third kappa shape index (κ3) is 3.66. The van der Waals surface area contributed by atoms with Gasteiger partial charge in [0.15, 0.2) is 0 Å². The van der Waals surface area contributed by atoms with E-state index in [0.717, 1.165) is 12.8 Å². The predicted octanol–water partition coefficient (Wildman–Crippen LogP) is 2.52. The van der Waals surface area contributed by atoms with E-state index in [4.69, 9.17) is 5.11 Å². The number of aliphatic carboxylic acids is 1. The van der Waals surface area contributed by atoms with E-state index < -0.39 is 5.97 Å². The minimum Gasteiger partial charge on any atom is -0.481 e. The summed E-state index contributed by atoms with van der Waals surface area (Å²) in [5, 5.41) is 8.94. The maximum Gasteiger partial charge on any atom is 0.308 e. The Bertz CT molecular complexity index is 288. The molecule has 0 aromatic carbocycles. The molecule has 0 radical (unpaired) electrons. The first-order valence-corrected chi connectivity index (χ1v) is 4.87. The lowest BCUT2D eigenvalue weighted by Crippen LogP contribution is -2.23. The molecule has 0 bridgehead atoms. The maximum absolute atomic E-state index is 10.9. The van der Waals surface area contributed by atoms with Gasteiger partial charge in [-0.25, -0.2) is 4.98 Å². The number of hydrogen-bond acceptors (Lipinski definition) is 2. The van der Waals surface area contributed by atoms with Gasteiger partial charge in [0.25, 0.3) is 0 Å². The van der Waals surface area contributed by atoms with Crippen LogP contribution in [0, 0.1) is 5.92 Å². The van der Waals surface area contributed by atoms with Gasteiger partial charge in [-0.3, -0.25) is 4.79 Å². The van der Waals surface area contributed by atoms with Gasteiger partial charge in [-0.1, -0.05) is 13.3 Å². The van der Waals surface area contributed by atoms with Crippen molar-refractivity contribution in [2.75, 3.05) is 0 Å². The van der Waals surface area contributed by atoms with Crippen LogP contribution in [0.2, 0.25) is 0 Å². The molecule has 5 heteroatoms. The molecule has 2 atom stereocenters. The Morgan fingerprint density at radius 2 is 2.27 bits per heavy atom. The van der Waals surface area contributed by atoms with E-state index in [9.17, 15) is 4.79 Å². The Morgan fingerprint density at radius 3 is 2.67 bits per heavy atom. The minimum absolute atomic E-state index is 0. The molecule has 0 saturated heterocycles. The molecule has 0 aliphatic heterocycles. The van der Waals surface area contributed by atoms with Crippen molar-refractivity contribution in [1.82, 2.24) is 9.55 Å². The fraction of sp³-hybridized carbons (Fsp3) is 0.600. The first kappa shape index (κ1) is 14.2. The predicted molar refractivity (Wildman–Crippen MR) is 63.3 cm³/mol. The summed E-state index contributed by atoms with van der Waals surface area (Å²) >= 11 is 0. The van der Waals surface area contributed by atoms with E-state index in [1.165, 1.54) is 0 Å². The van der Waals surface area contributed by atoms with Crippen molar-refractivity contribution < 1.29 is 9.90 Å². The van der Waals surface area contributed by atoms with Gasteiger partial charge in [0, 0.05) is 18.4 Å². The fourth-order valence-corrected chi connectivity index (χ4v) is 1.58. The minimum atomic E-state index is -0.753. The first-order valence-electron chi connectivity index (χ1n) is 4.87. The second-order valence-corrected chi connectivity index (χ2v) is 3.49. The quantitative estimate of drug-likeness (QED) is 0.899. The fourth-order valence-electron chi connectivity index (χ4n) is 1.58. The number of aromatic nitrogens is 2. The standard InChI is InChI=1S/C10H16N2O2.BrH/c1-3-4-9(8(2)10(13)14)12-6-5-11-7-12;/h5-9H,3-4H2,1-2H3,(H,13,14);1H. The smallest absolute Gasteiger partial charge is 0.308 e.